The summed E-state index contributed by atoms with van der Waals surface area (Å²) in [5.41, 5.74) is 3.43. The maximum Gasteiger partial charge on any atom is 0.305 e. The molecule has 1 amide bonds. The molecule has 0 saturated carbocycles. The molecule has 0 unspecified atom stereocenters. The molecule has 8 nitrogen and oxygen atoms in total. The van der Waals surface area contributed by atoms with E-state index in [1.807, 2.05) is 45.3 Å². The van der Waals surface area contributed by atoms with Crippen LogP contribution in [0.15, 0.2) is 55.1 Å². The van der Waals surface area contributed by atoms with E-state index in [2.05, 4.69) is 20.3 Å². The number of anilines is 1. The monoisotopic (exact) mass is 405 g/mol. The Hall–Kier alpha value is -3.81. The Bertz CT molecular complexity index is 1050. The second-order valence-corrected chi connectivity index (χ2v) is 7.11. The Labute approximate surface area is 174 Å². The Morgan fingerprint density at radius 1 is 1.07 bits per heavy atom. The van der Waals surface area contributed by atoms with Gasteiger partial charge in [-0.2, -0.15) is 0 Å². The number of hydrogen-bond acceptors (Lipinski definition) is 6. The number of carbonyl (C=O) groups excluding carboxylic acids is 1. The number of carbonyl (C=O) groups is 2. The quantitative estimate of drug-likeness (QED) is 0.622. The molecule has 0 bridgehead atoms. The van der Waals surface area contributed by atoms with Crippen LogP contribution < -0.4 is 10.2 Å². The third-order valence-electron chi connectivity index (χ3n) is 4.62. The summed E-state index contributed by atoms with van der Waals surface area (Å²) in [5, 5.41) is 12.1. The van der Waals surface area contributed by atoms with Crippen LogP contribution in [0.4, 0.5) is 5.95 Å². The predicted octanol–water partition coefficient (Wildman–Crippen LogP) is 2.86. The van der Waals surface area contributed by atoms with Crippen LogP contribution in [0.2, 0.25) is 0 Å². The van der Waals surface area contributed by atoms with Crippen molar-refractivity contribution in [1.29, 1.82) is 0 Å². The number of hydrogen-bond donors (Lipinski definition) is 2. The van der Waals surface area contributed by atoms with Crippen LogP contribution in [-0.4, -0.2) is 46.0 Å². The first-order valence-electron chi connectivity index (χ1n) is 9.38. The molecule has 1 atom stereocenters. The largest absolute Gasteiger partial charge is 0.481 e. The van der Waals surface area contributed by atoms with E-state index in [1.54, 1.807) is 29.6 Å². The molecular formula is C22H23N5O3. The van der Waals surface area contributed by atoms with Crippen molar-refractivity contribution in [2.75, 3.05) is 19.0 Å². The van der Waals surface area contributed by atoms with Crippen LogP contribution in [0.5, 0.6) is 0 Å². The number of aliphatic carboxylic acids is 1. The van der Waals surface area contributed by atoms with E-state index >= 15 is 0 Å². The molecule has 8 heteroatoms. The minimum atomic E-state index is -0.992. The standard InChI is InChI=1S/C22H23N5O3/c1-14-6-4-5-7-18(14)19(9-20(28)29)26-21(30)16-8-15(10-23-11-16)17-12-24-22(25-13-17)27(2)3/h4-8,10-13,19H,9H2,1-3H3,(H,26,30)(H,28,29)/t19-/m0/s1. The third-order valence-corrected chi connectivity index (χ3v) is 4.62. The molecule has 0 fully saturated rings. The van der Waals surface area contributed by atoms with Crippen LogP contribution in [0.3, 0.4) is 0 Å². The fourth-order valence-corrected chi connectivity index (χ4v) is 3.06. The van der Waals surface area contributed by atoms with Crippen LogP contribution in [0.25, 0.3) is 11.1 Å². The van der Waals surface area contributed by atoms with Crippen LogP contribution >= 0.6 is 0 Å². The molecule has 0 radical (unpaired) electrons. The second kappa shape index (κ2) is 9.13. The maximum absolute atomic E-state index is 12.9. The molecule has 0 saturated heterocycles. The van der Waals surface area contributed by atoms with Crippen molar-refractivity contribution in [3.63, 3.8) is 0 Å². The number of aromatic nitrogens is 3. The first kappa shape index (κ1) is 20.9. The van der Waals surface area contributed by atoms with Gasteiger partial charge in [-0.05, 0) is 24.1 Å². The smallest absolute Gasteiger partial charge is 0.305 e. The number of carboxylic acid groups (broad SMARTS) is 1. The zero-order chi connectivity index (χ0) is 21.7. The van der Waals surface area contributed by atoms with Crippen molar-refractivity contribution in [2.45, 2.75) is 19.4 Å². The molecule has 2 heterocycles. The van der Waals surface area contributed by atoms with Crippen molar-refractivity contribution in [3.05, 3.63) is 71.8 Å². The van der Waals surface area contributed by atoms with Crippen LogP contribution in [0, 0.1) is 6.92 Å². The summed E-state index contributed by atoms with van der Waals surface area (Å²) in [5.74, 6) is -0.811. The number of rotatable bonds is 7. The number of carboxylic acids is 1. The molecule has 3 rings (SSSR count). The van der Waals surface area contributed by atoms with Gasteiger partial charge < -0.3 is 15.3 Å². The highest BCUT2D eigenvalue weighted by molar-refractivity contribution is 5.95. The fourth-order valence-electron chi connectivity index (χ4n) is 3.06. The summed E-state index contributed by atoms with van der Waals surface area (Å²) in [7, 11) is 3.70. The molecule has 0 spiro atoms. The van der Waals surface area contributed by atoms with E-state index < -0.39 is 17.9 Å². The Kier molecular flexibility index (Phi) is 6.36. The first-order chi connectivity index (χ1) is 14.3. The van der Waals surface area contributed by atoms with E-state index in [1.165, 1.54) is 6.20 Å². The Morgan fingerprint density at radius 2 is 1.77 bits per heavy atom. The summed E-state index contributed by atoms with van der Waals surface area (Å²) in [6.07, 6.45) is 6.19. The summed E-state index contributed by atoms with van der Waals surface area (Å²) in [4.78, 5) is 38.7. The van der Waals surface area contributed by atoms with E-state index in [0.717, 1.165) is 16.7 Å². The van der Waals surface area contributed by atoms with Gasteiger partial charge in [-0.15, -0.1) is 0 Å². The maximum atomic E-state index is 12.9. The highest BCUT2D eigenvalue weighted by Gasteiger charge is 2.21. The number of pyridine rings is 1. The second-order valence-electron chi connectivity index (χ2n) is 7.11. The van der Waals surface area contributed by atoms with Gasteiger partial charge in [-0.1, -0.05) is 24.3 Å². The highest BCUT2D eigenvalue weighted by Crippen LogP contribution is 2.23. The number of nitrogens with one attached hydrogen (secondary N) is 1. The summed E-state index contributed by atoms with van der Waals surface area (Å²) >= 11 is 0. The van der Waals surface area contributed by atoms with Gasteiger partial charge in [0.2, 0.25) is 5.95 Å². The summed E-state index contributed by atoms with van der Waals surface area (Å²) in [6.45, 7) is 1.88. The Balaban J connectivity index is 1.84. The van der Waals surface area contributed by atoms with Crippen molar-refractivity contribution in [3.8, 4) is 11.1 Å². The van der Waals surface area contributed by atoms with Crippen molar-refractivity contribution in [1.82, 2.24) is 20.3 Å². The van der Waals surface area contributed by atoms with Gasteiger partial charge in [0.15, 0.2) is 0 Å². The summed E-state index contributed by atoms with van der Waals surface area (Å²) in [6, 6.07) is 8.43. The van der Waals surface area contributed by atoms with E-state index in [-0.39, 0.29) is 6.42 Å². The average molecular weight is 405 g/mol. The zero-order valence-electron chi connectivity index (χ0n) is 17.0. The molecule has 2 N–H and O–H groups in total. The lowest BCUT2D eigenvalue weighted by molar-refractivity contribution is -0.137. The molecule has 2 aromatic heterocycles. The molecule has 30 heavy (non-hydrogen) atoms. The van der Waals surface area contributed by atoms with Gasteiger partial charge in [0.1, 0.15) is 0 Å². The van der Waals surface area contributed by atoms with Gasteiger partial charge in [0.05, 0.1) is 18.0 Å². The predicted molar refractivity (Wildman–Crippen MR) is 113 cm³/mol. The lowest BCUT2D eigenvalue weighted by atomic mass is 9.98. The first-order valence-corrected chi connectivity index (χ1v) is 9.38. The average Bonchev–Trinajstić information content (AvgIpc) is 2.73. The molecule has 0 aliphatic carbocycles. The number of amides is 1. The normalized spacial score (nSPS) is 11.6. The van der Waals surface area contributed by atoms with Crippen LogP contribution in [0.1, 0.15) is 33.9 Å². The molecule has 0 aliphatic rings. The SMILES string of the molecule is Cc1ccccc1[C@H](CC(=O)O)NC(=O)c1cncc(-c2cnc(N(C)C)nc2)c1. The van der Waals surface area contributed by atoms with Crippen molar-refractivity contribution in [2.24, 2.45) is 0 Å². The van der Waals surface area contributed by atoms with Gasteiger partial charge in [0, 0.05) is 50.0 Å². The van der Waals surface area contributed by atoms with Crippen LogP contribution in [-0.2, 0) is 4.79 Å². The molecule has 3 aromatic rings. The Morgan fingerprint density at radius 3 is 2.40 bits per heavy atom. The fraction of sp³-hybridized carbons (Fsp3) is 0.227. The lowest BCUT2D eigenvalue weighted by Crippen LogP contribution is -2.30. The van der Waals surface area contributed by atoms with Crippen molar-refractivity contribution >= 4 is 17.8 Å². The lowest BCUT2D eigenvalue weighted by Gasteiger charge is -2.19. The number of aryl methyl sites for hydroxylation is 1. The minimum Gasteiger partial charge on any atom is -0.481 e. The third kappa shape index (κ3) is 4.96. The van der Waals surface area contributed by atoms with E-state index in [0.29, 0.717) is 17.1 Å². The van der Waals surface area contributed by atoms with Gasteiger partial charge in [-0.25, -0.2) is 9.97 Å². The van der Waals surface area contributed by atoms with E-state index in [9.17, 15) is 14.7 Å². The van der Waals surface area contributed by atoms with Crippen molar-refractivity contribution < 1.29 is 14.7 Å². The number of benzene rings is 1. The van der Waals surface area contributed by atoms with Gasteiger partial charge in [-0.3, -0.25) is 14.6 Å². The number of nitrogens with zero attached hydrogens (tertiary/aromatic N) is 4. The molecule has 0 aliphatic heterocycles. The zero-order valence-corrected chi connectivity index (χ0v) is 17.0. The topological polar surface area (TPSA) is 108 Å². The highest BCUT2D eigenvalue weighted by atomic mass is 16.4. The van der Waals surface area contributed by atoms with Gasteiger partial charge in [0.25, 0.3) is 5.91 Å². The molecular weight excluding hydrogens is 382 g/mol. The van der Waals surface area contributed by atoms with Gasteiger partial charge >= 0.3 is 5.97 Å². The molecule has 154 valence electrons. The van der Waals surface area contributed by atoms with E-state index in [4.69, 9.17) is 0 Å². The summed E-state index contributed by atoms with van der Waals surface area (Å²) < 4.78 is 0. The molecule has 1 aromatic carbocycles. The minimum absolute atomic E-state index is 0.219.